The second kappa shape index (κ2) is 7.82. The smallest absolute Gasteiger partial charge is 0.227 e. The fraction of sp³-hybridized carbons (Fsp3) is 0.364. The molecule has 0 aromatic heterocycles. The number of rotatable bonds is 4. The number of carbonyl (C=O) groups excluding carboxylic acids is 2. The largest absolute Gasteiger partial charge is 0.490 e. The molecule has 0 atom stereocenters. The fourth-order valence-corrected chi connectivity index (χ4v) is 3.06. The molecule has 3 rings (SSSR count). The molecule has 0 aliphatic carbocycles. The maximum absolute atomic E-state index is 12.6. The Morgan fingerprint density at radius 1 is 1.04 bits per heavy atom. The number of amides is 2. The van der Waals surface area contributed by atoms with Gasteiger partial charge in [-0.3, -0.25) is 9.59 Å². The average molecular weight is 366 g/mol. The minimum absolute atomic E-state index is 0.0658. The first-order chi connectivity index (χ1) is 12.8. The molecule has 0 fully saturated rings. The molecule has 5 nitrogen and oxygen atoms in total. The van der Waals surface area contributed by atoms with E-state index in [0.717, 1.165) is 11.4 Å². The summed E-state index contributed by atoms with van der Waals surface area (Å²) in [5.41, 5.74) is 2.80. The van der Waals surface area contributed by atoms with Crippen molar-refractivity contribution in [3.05, 3.63) is 54.1 Å². The fourth-order valence-electron chi connectivity index (χ4n) is 3.06. The van der Waals surface area contributed by atoms with Gasteiger partial charge in [-0.05, 0) is 35.2 Å². The van der Waals surface area contributed by atoms with Crippen molar-refractivity contribution in [3.63, 3.8) is 0 Å². The van der Waals surface area contributed by atoms with E-state index in [9.17, 15) is 9.59 Å². The number of benzene rings is 2. The van der Waals surface area contributed by atoms with Gasteiger partial charge < -0.3 is 15.0 Å². The molecule has 0 bridgehead atoms. The summed E-state index contributed by atoms with van der Waals surface area (Å²) in [5.74, 6) is 0.484. The third-order valence-corrected chi connectivity index (χ3v) is 4.63. The van der Waals surface area contributed by atoms with Crippen LogP contribution in [0.15, 0.2) is 48.5 Å². The van der Waals surface area contributed by atoms with Gasteiger partial charge in [-0.25, -0.2) is 0 Å². The van der Waals surface area contributed by atoms with Crippen LogP contribution in [0.25, 0.3) is 0 Å². The Morgan fingerprint density at radius 2 is 1.74 bits per heavy atom. The van der Waals surface area contributed by atoms with Crippen molar-refractivity contribution in [1.82, 2.24) is 0 Å². The first-order valence-electron chi connectivity index (χ1n) is 9.27. The molecule has 0 spiro atoms. The number of fused-ring (bicyclic) bond motifs is 1. The lowest BCUT2D eigenvalue weighted by Crippen LogP contribution is -2.38. The summed E-state index contributed by atoms with van der Waals surface area (Å²) in [6.07, 6.45) is 0.319. The summed E-state index contributed by atoms with van der Waals surface area (Å²) in [4.78, 5) is 26.5. The molecule has 27 heavy (non-hydrogen) atoms. The van der Waals surface area contributed by atoms with Gasteiger partial charge in [-0.15, -0.1) is 0 Å². The highest BCUT2D eigenvalue weighted by Gasteiger charge is 2.23. The summed E-state index contributed by atoms with van der Waals surface area (Å²) in [6.45, 7) is 7.42. The minimum Gasteiger partial charge on any atom is -0.490 e. The van der Waals surface area contributed by atoms with E-state index in [1.807, 2.05) is 48.5 Å². The zero-order chi connectivity index (χ0) is 19.4. The van der Waals surface area contributed by atoms with Gasteiger partial charge in [0.15, 0.2) is 0 Å². The monoisotopic (exact) mass is 366 g/mol. The molecule has 1 aliphatic rings. The maximum Gasteiger partial charge on any atom is 0.227 e. The number of para-hydroxylation sites is 2. The lowest BCUT2D eigenvalue weighted by atomic mass is 9.87. The lowest BCUT2D eigenvalue weighted by Gasteiger charge is -2.29. The maximum atomic E-state index is 12.6. The molecule has 0 radical (unpaired) electrons. The van der Waals surface area contributed by atoms with Crippen molar-refractivity contribution in [3.8, 4) is 5.75 Å². The van der Waals surface area contributed by atoms with E-state index in [1.54, 1.807) is 4.90 Å². The van der Waals surface area contributed by atoms with Crippen molar-refractivity contribution in [1.29, 1.82) is 0 Å². The Balaban J connectivity index is 1.54. The number of anilines is 2. The Morgan fingerprint density at radius 3 is 2.44 bits per heavy atom. The molecule has 0 saturated heterocycles. The van der Waals surface area contributed by atoms with Crippen LogP contribution in [0.1, 0.15) is 39.2 Å². The Hall–Kier alpha value is -2.82. The van der Waals surface area contributed by atoms with Gasteiger partial charge in [-0.1, -0.05) is 45.0 Å². The number of hydrogen-bond acceptors (Lipinski definition) is 3. The summed E-state index contributed by atoms with van der Waals surface area (Å²) >= 11 is 0. The van der Waals surface area contributed by atoms with Gasteiger partial charge in [0.05, 0.1) is 12.2 Å². The van der Waals surface area contributed by atoms with Crippen molar-refractivity contribution in [2.24, 2.45) is 0 Å². The number of hydrogen-bond donors (Lipinski definition) is 1. The SMILES string of the molecule is CC(C)(C)c1ccc(NC(=O)CCC(=O)N2CCOc3ccccc32)cc1. The van der Waals surface area contributed by atoms with Gasteiger partial charge in [0.1, 0.15) is 12.4 Å². The second-order valence-electron chi connectivity index (χ2n) is 7.74. The summed E-state index contributed by atoms with van der Waals surface area (Å²) in [6, 6.07) is 15.3. The molecule has 1 heterocycles. The molecule has 0 unspecified atom stereocenters. The quantitative estimate of drug-likeness (QED) is 0.885. The van der Waals surface area contributed by atoms with Gasteiger partial charge in [0.2, 0.25) is 11.8 Å². The van der Waals surface area contributed by atoms with E-state index in [4.69, 9.17) is 4.74 Å². The van der Waals surface area contributed by atoms with Crippen LogP contribution in [0, 0.1) is 0 Å². The minimum atomic E-state index is -0.159. The Kier molecular flexibility index (Phi) is 5.49. The first-order valence-corrected chi connectivity index (χ1v) is 9.27. The van der Waals surface area contributed by atoms with Crippen molar-refractivity contribution in [2.75, 3.05) is 23.4 Å². The number of ether oxygens (including phenoxy) is 1. The number of nitrogens with zero attached hydrogens (tertiary/aromatic N) is 1. The van der Waals surface area contributed by atoms with E-state index < -0.39 is 0 Å². The third kappa shape index (κ3) is 4.67. The molecule has 5 heteroatoms. The zero-order valence-corrected chi connectivity index (χ0v) is 16.1. The van der Waals surface area contributed by atoms with E-state index in [-0.39, 0.29) is 30.1 Å². The molecular weight excluding hydrogens is 340 g/mol. The lowest BCUT2D eigenvalue weighted by molar-refractivity contribution is -0.122. The Labute approximate surface area is 160 Å². The molecule has 0 saturated carbocycles. The molecule has 1 aliphatic heterocycles. The predicted molar refractivity (Wildman–Crippen MR) is 107 cm³/mol. The zero-order valence-electron chi connectivity index (χ0n) is 16.1. The van der Waals surface area contributed by atoms with Crippen molar-refractivity contribution < 1.29 is 14.3 Å². The number of carbonyl (C=O) groups is 2. The van der Waals surface area contributed by atoms with E-state index >= 15 is 0 Å². The summed E-state index contributed by atoms with van der Waals surface area (Å²) in [7, 11) is 0. The van der Waals surface area contributed by atoms with Gasteiger partial charge in [0, 0.05) is 18.5 Å². The van der Waals surface area contributed by atoms with E-state index in [0.29, 0.717) is 18.9 Å². The van der Waals surface area contributed by atoms with Crippen LogP contribution >= 0.6 is 0 Å². The Bertz CT molecular complexity index is 822. The third-order valence-electron chi connectivity index (χ3n) is 4.63. The normalized spacial score (nSPS) is 13.5. The van der Waals surface area contributed by atoms with E-state index in [2.05, 4.69) is 26.1 Å². The molecule has 2 amide bonds. The van der Waals surface area contributed by atoms with Crippen LogP contribution in [0.2, 0.25) is 0 Å². The van der Waals surface area contributed by atoms with E-state index in [1.165, 1.54) is 5.56 Å². The standard InChI is InChI=1S/C22H26N2O3/c1-22(2,3)16-8-10-17(11-9-16)23-20(25)12-13-21(26)24-14-15-27-19-7-5-4-6-18(19)24/h4-11H,12-15H2,1-3H3,(H,23,25). The van der Waals surface area contributed by atoms with Crippen LogP contribution in [-0.4, -0.2) is 25.0 Å². The number of nitrogens with one attached hydrogen (secondary N) is 1. The van der Waals surface area contributed by atoms with Crippen LogP contribution < -0.4 is 15.0 Å². The second-order valence-corrected chi connectivity index (χ2v) is 7.74. The molecule has 2 aromatic carbocycles. The molecule has 2 aromatic rings. The van der Waals surface area contributed by atoms with Gasteiger partial charge in [0.25, 0.3) is 0 Å². The van der Waals surface area contributed by atoms with Crippen LogP contribution in [0.5, 0.6) is 5.75 Å². The van der Waals surface area contributed by atoms with Crippen molar-refractivity contribution >= 4 is 23.2 Å². The molecule has 1 N–H and O–H groups in total. The van der Waals surface area contributed by atoms with Crippen LogP contribution in [0.3, 0.4) is 0 Å². The first kappa shape index (κ1) is 19.0. The van der Waals surface area contributed by atoms with Crippen LogP contribution in [0.4, 0.5) is 11.4 Å². The van der Waals surface area contributed by atoms with Gasteiger partial charge >= 0.3 is 0 Å². The highest BCUT2D eigenvalue weighted by Crippen LogP contribution is 2.31. The van der Waals surface area contributed by atoms with Gasteiger partial charge in [-0.2, -0.15) is 0 Å². The molecular formula is C22H26N2O3. The summed E-state index contributed by atoms with van der Waals surface area (Å²) in [5, 5.41) is 2.86. The van der Waals surface area contributed by atoms with Crippen LogP contribution in [-0.2, 0) is 15.0 Å². The predicted octanol–water partition coefficient (Wildman–Crippen LogP) is 4.13. The summed E-state index contributed by atoms with van der Waals surface area (Å²) < 4.78 is 5.57. The highest BCUT2D eigenvalue weighted by atomic mass is 16.5. The topological polar surface area (TPSA) is 58.6 Å². The average Bonchev–Trinajstić information content (AvgIpc) is 2.65. The molecule has 142 valence electrons. The highest BCUT2D eigenvalue weighted by molar-refractivity contribution is 5.99. The van der Waals surface area contributed by atoms with Crippen molar-refractivity contribution in [2.45, 2.75) is 39.0 Å².